The minimum Gasteiger partial charge on any atom is -0.380 e. The Bertz CT molecular complexity index is 919. The molecule has 2 heterocycles. The van der Waals surface area contributed by atoms with E-state index >= 15 is 0 Å². The van der Waals surface area contributed by atoms with Gasteiger partial charge in [-0.25, -0.2) is 0 Å². The van der Waals surface area contributed by atoms with Gasteiger partial charge in [-0.3, -0.25) is 9.59 Å². The van der Waals surface area contributed by atoms with Crippen molar-refractivity contribution in [3.8, 4) is 0 Å². The summed E-state index contributed by atoms with van der Waals surface area (Å²) in [7, 11) is 1.78. The van der Waals surface area contributed by atoms with Crippen LogP contribution in [0.4, 0.5) is 17.1 Å². The van der Waals surface area contributed by atoms with Crippen LogP contribution in [0.3, 0.4) is 0 Å². The van der Waals surface area contributed by atoms with E-state index < -0.39 is 0 Å². The van der Waals surface area contributed by atoms with Gasteiger partial charge in [0.2, 0.25) is 5.91 Å². The number of fused-ring (bicyclic) bond motifs is 1. The Balaban J connectivity index is 1.56. The number of carbonyl (C=O) groups excluding carboxylic acids is 2. The van der Waals surface area contributed by atoms with Crippen LogP contribution in [-0.4, -0.2) is 38.0 Å². The minimum absolute atomic E-state index is 0.103. The van der Waals surface area contributed by atoms with Gasteiger partial charge in [-0.05, 0) is 61.7 Å². The van der Waals surface area contributed by atoms with E-state index in [-0.39, 0.29) is 11.8 Å². The van der Waals surface area contributed by atoms with Gasteiger partial charge in [-0.2, -0.15) is 0 Å². The molecule has 4 rings (SSSR count). The van der Waals surface area contributed by atoms with Crippen molar-refractivity contribution in [3.05, 3.63) is 53.1 Å². The molecule has 146 valence electrons. The van der Waals surface area contributed by atoms with E-state index in [0.717, 1.165) is 48.4 Å². The van der Waals surface area contributed by atoms with Crippen molar-refractivity contribution in [1.29, 1.82) is 0 Å². The van der Waals surface area contributed by atoms with Gasteiger partial charge < -0.3 is 20.9 Å². The first-order chi connectivity index (χ1) is 13.5. The molecular weight excluding hydrogens is 352 g/mol. The standard InChI is InChI=1S/C22H26N4O2/c1-14-3-7-18(19(11-14)24-17-9-10-23-13-17)22(28)25-16-6-4-15-5-8-21(27)26(2)20(15)12-16/h3-4,6-7,11-12,17,23-24H,5,8-10,13H2,1-2H3,(H,25,28)/t17-/m1/s1. The van der Waals surface area contributed by atoms with E-state index in [1.165, 1.54) is 0 Å². The van der Waals surface area contributed by atoms with Gasteiger partial charge in [-0.15, -0.1) is 0 Å². The van der Waals surface area contributed by atoms with Crippen LogP contribution in [0.1, 0.15) is 34.3 Å². The summed E-state index contributed by atoms with van der Waals surface area (Å²) in [5, 5.41) is 9.84. The number of rotatable bonds is 4. The summed E-state index contributed by atoms with van der Waals surface area (Å²) in [5.74, 6) is -0.0515. The first-order valence-corrected chi connectivity index (χ1v) is 9.80. The average molecular weight is 378 g/mol. The van der Waals surface area contributed by atoms with Gasteiger partial charge in [-0.1, -0.05) is 12.1 Å². The molecule has 2 aromatic rings. The van der Waals surface area contributed by atoms with Crippen molar-refractivity contribution in [2.24, 2.45) is 0 Å². The van der Waals surface area contributed by atoms with Crippen LogP contribution in [0.5, 0.6) is 0 Å². The summed E-state index contributed by atoms with van der Waals surface area (Å²) in [6.45, 7) is 3.92. The zero-order valence-corrected chi connectivity index (χ0v) is 16.3. The van der Waals surface area contributed by atoms with Crippen LogP contribution < -0.4 is 20.9 Å². The fraction of sp³-hybridized carbons (Fsp3) is 0.364. The highest BCUT2D eigenvalue weighted by Gasteiger charge is 2.22. The minimum atomic E-state index is -0.154. The Morgan fingerprint density at radius 2 is 2.04 bits per heavy atom. The Morgan fingerprint density at radius 3 is 2.82 bits per heavy atom. The number of amides is 2. The number of nitrogens with one attached hydrogen (secondary N) is 3. The average Bonchev–Trinajstić information content (AvgIpc) is 3.18. The molecule has 1 saturated heterocycles. The fourth-order valence-corrected chi connectivity index (χ4v) is 3.88. The molecule has 1 atom stereocenters. The van der Waals surface area contributed by atoms with Crippen molar-refractivity contribution in [2.75, 3.05) is 35.7 Å². The quantitative estimate of drug-likeness (QED) is 0.765. The lowest BCUT2D eigenvalue weighted by Crippen LogP contribution is -2.31. The predicted molar refractivity (Wildman–Crippen MR) is 112 cm³/mol. The predicted octanol–water partition coefficient (Wildman–Crippen LogP) is 2.93. The van der Waals surface area contributed by atoms with Crippen LogP contribution in [0.15, 0.2) is 36.4 Å². The monoisotopic (exact) mass is 378 g/mol. The molecule has 0 aliphatic carbocycles. The number of hydrogen-bond acceptors (Lipinski definition) is 4. The highest BCUT2D eigenvalue weighted by Crippen LogP contribution is 2.30. The van der Waals surface area contributed by atoms with Crippen LogP contribution in [-0.2, 0) is 11.2 Å². The molecule has 0 bridgehead atoms. The second-order valence-electron chi connectivity index (χ2n) is 7.63. The van der Waals surface area contributed by atoms with Gasteiger partial charge in [0.25, 0.3) is 5.91 Å². The number of benzene rings is 2. The fourth-order valence-electron chi connectivity index (χ4n) is 3.88. The van der Waals surface area contributed by atoms with Gasteiger partial charge >= 0.3 is 0 Å². The Labute approximate surface area is 165 Å². The van der Waals surface area contributed by atoms with Gasteiger partial charge in [0.05, 0.1) is 5.56 Å². The Morgan fingerprint density at radius 1 is 1.18 bits per heavy atom. The largest absolute Gasteiger partial charge is 0.380 e. The summed E-state index contributed by atoms with van der Waals surface area (Å²) in [5.41, 5.74) is 5.29. The lowest BCUT2D eigenvalue weighted by atomic mass is 10.0. The van der Waals surface area contributed by atoms with E-state index in [2.05, 4.69) is 16.0 Å². The highest BCUT2D eigenvalue weighted by atomic mass is 16.2. The number of hydrogen-bond donors (Lipinski definition) is 3. The first kappa shape index (κ1) is 18.5. The molecule has 2 aromatic carbocycles. The summed E-state index contributed by atoms with van der Waals surface area (Å²) >= 11 is 0. The third kappa shape index (κ3) is 3.73. The summed E-state index contributed by atoms with van der Waals surface area (Å²) < 4.78 is 0. The molecule has 0 spiro atoms. The van der Waals surface area contributed by atoms with Crippen molar-refractivity contribution in [3.63, 3.8) is 0 Å². The summed E-state index contributed by atoms with van der Waals surface area (Å²) in [6.07, 6.45) is 2.32. The van der Waals surface area contributed by atoms with E-state index in [4.69, 9.17) is 0 Å². The molecular formula is C22H26N4O2. The highest BCUT2D eigenvalue weighted by molar-refractivity contribution is 6.08. The molecule has 0 radical (unpaired) electrons. The smallest absolute Gasteiger partial charge is 0.257 e. The third-order valence-electron chi connectivity index (χ3n) is 5.53. The molecule has 3 N–H and O–H groups in total. The molecule has 6 nitrogen and oxygen atoms in total. The molecule has 1 fully saturated rings. The van der Waals surface area contributed by atoms with Crippen LogP contribution in [0.25, 0.3) is 0 Å². The lowest BCUT2D eigenvalue weighted by Gasteiger charge is -2.26. The molecule has 0 aromatic heterocycles. The van der Waals surface area contributed by atoms with E-state index in [9.17, 15) is 9.59 Å². The summed E-state index contributed by atoms with van der Waals surface area (Å²) in [4.78, 5) is 26.6. The van der Waals surface area contributed by atoms with Crippen molar-refractivity contribution >= 4 is 28.9 Å². The second kappa shape index (κ2) is 7.64. The second-order valence-corrected chi connectivity index (χ2v) is 7.63. The maximum Gasteiger partial charge on any atom is 0.257 e. The van der Waals surface area contributed by atoms with E-state index in [1.54, 1.807) is 11.9 Å². The maximum absolute atomic E-state index is 13.0. The van der Waals surface area contributed by atoms with Crippen LogP contribution in [0.2, 0.25) is 0 Å². The number of aryl methyl sites for hydroxylation is 2. The Hall–Kier alpha value is -2.86. The van der Waals surface area contributed by atoms with Crippen molar-refractivity contribution in [1.82, 2.24) is 5.32 Å². The van der Waals surface area contributed by atoms with Crippen molar-refractivity contribution < 1.29 is 9.59 Å². The molecule has 2 aliphatic heterocycles. The molecule has 6 heteroatoms. The van der Waals surface area contributed by atoms with Crippen molar-refractivity contribution in [2.45, 2.75) is 32.2 Å². The number of carbonyl (C=O) groups is 2. The van der Waals surface area contributed by atoms with Gasteiger partial charge in [0.1, 0.15) is 0 Å². The zero-order chi connectivity index (χ0) is 19.7. The topological polar surface area (TPSA) is 73.5 Å². The van der Waals surface area contributed by atoms with E-state index in [0.29, 0.717) is 23.7 Å². The van der Waals surface area contributed by atoms with E-state index in [1.807, 2.05) is 43.3 Å². The van der Waals surface area contributed by atoms with Gasteiger partial charge in [0.15, 0.2) is 0 Å². The zero-order valence-electron chi connectivity index (χ0n) is 16.3. The third-order valence-corrected chi connectivity index (χ3v) is 5.53. The molecule has 2 aliphatic rings. The number of nitrogens with zero attached hydrogens (tertiary/aromatic N) is 1. The SMILES string of the molecule is Cc1ccc(C(=O)Nc2ccc3c(c2)N(C)C(=O)CC3)c(N[C@@H]2CCNC2)c1. The van der Waals surface area contributed by atoms with Crippen LogP contribution >= 0.6 is 0 Å². The number of anilines is 3. The molecule has 28 heavy (non-hydrogen) atoms. The molecule has 0 saturated carbocycles. The van der Waals surface area contributed by atoms with Gasteiger partial charge in [0, 0.05) is 43.1 Å². The summed E-state index contributed by atoms with van der Waals surface area (Å²) in [6, 6.07) is 11.9. The lowest BCUT2D eigenvalue weighted by molar-refractivity contribution is -0.118. The first-order valence-electron chi connectivity index (χ1n) is 9.80. The Kier molecular flexibility index (Phi) is 5.05. The normalized spacial score (nSPS) is 18.7. The maximum atomic E-state index is 13.0. The van der Waals surface area contributed by atoms with Crippen LogP contribution in [0, 0.1) is 6.92 Å². The molecule has 0 unspecified atom stereocenters. The molecule has 2 amide bonds.